The molecule has 1 aliphatic heterocycles. The normalized spacial score (nSPS) is 21.6. The molecule has 112 valence electrons. The van der Waals surface area contributed by atoms with E-state index >= 15 is 0 Å². The third-order valence-electron chi connectivity index (χ3n) is 3.76. The summed E-state index contributed by atoms with van der Waals surface area (Å²) in [4.78, 5) is 13.9. The highest BCUT2D eigenvalue weighted by molar-refractivity contribution is 8.01. The number of thioether (sulfide) groups is 1. The minimum atomic E-state index is 0.256. The van der Waals surface area contributed by atoms with Crippen molar-refractivity contribution in [1.82, 2.24) is 10.2 Å². The van der Waals surface area contributed by atoms with Crippen LogP contribution in [0.4, 0.5) is 0 Å². The first kappa shape index (κ1) is 15.9. The van der Waals surface area contributed by atoms with Crippen LogP contribution < -0.4 is 5.32 Å². The number of nitrogens with one attached hydrogen (secondary N) is 1. The zero-order chi connectivity index (χ0) is 14.5. The Morgan fingerprint density at radius 1 is 1.45 bits per heavy atom. The summed E-state index contributed by atoms with van der Waals surface area (Å²) >= 11 is 3.81. The second-order valence-corrected chi connectivity index (χ2v) is 7.77. The van der Waals surface area contributed by atoms with Gasteiger partial charge in [0.25, 0.3) is 0 Å². The number of carbonyl (C=O) groups excluding carboxylic acids is 1. The van der Waals surface area contributed by atoms with Gasteiger partial charge in [-0.15, -0.1) is 23.1 Å². The number of fused-ring (bicyclic) bond motifs is 1. The lowest BCUT2D eigenvalue weighted by molar-refractivity contribution is -0.130. The van der Waals surface area contributed by atoms with Gasteiger partial charge in [0.15, 0.2) is 0 Å². The van der Waals surface area contributed by atoms with Crippen LogP contribution in [0.15, 0.2) is 15.7 Å². The van der Waals surface area contributed by atoms with E-state index in [0.717, 1.165) is 26.1 Å². The van der Waals surface area contributed by atoms with Gasteiger partial charge in [0.05, 0.1) is 4.21 Å². The van der Waals surface area contributed by atoms with E-state index < -0.39 is 0 Å². The molecule has 0 saturated heterocycles. The fraction of sp³-hybridized carbons (Fsp3) is 0.667. The van der Waals surface area contributed by atoms with Crippen molar-refractivity contribution in [2.24, 2.45) is 0 Å². The molecule has 0 spiro atoms. The van der Waals surface area contributed by atoms with Crippen molar-refractivity contribution in [3.63, 3.8) is 0 Å². The molecule has 20 heavy (non-hydrogen) atoms. The van der Waals surface area contributed by atoms with E-state index in [2.05, 4.69) is 23.7 Å². The van der Waals surface area contributed by atoms with Gasteiger partial charge in [0.2, 0.25) is 5.91 Å². The predicted octanol–water partition coefficient (Wildman–Crippen LogP) is 3.52. The first-order valence-corrected chi connectivity index (χ1v) is 9.16. The van der Waals surface area contributed by atoms with Gasteiger partial charge < -0.3 is 10.2 Å². The molecule has 1 aliphatic rings. The van der Waals surface area contributed by atoms with Crippen molar-refractivity contribution in [3.8, 4) is 0 Å². The molecule has 2 heterocycles. The lowest BCUT2D eigenvalue weighted by Crippen LogP contribution is -2.34. The Morgan fingerprint density at radius 2 is 2.20 bits per heavy atom. The molecule has 1 amide bonds. The van der Waals surface area contributed by atoms with Crippen LogP contribution in [-0.2, 0) is 4.79 Å². The van der Waals surface area contributed by atoms with E-state index in [9.17, 15) is 4.79 Å². The number of amides is 1. The lowest BCUT2D eigenvalue weighted by atomic mass is 10.0. The monoisotopic (exact) mass is 312 g/mol. The average molecular weight is 313 g/mol. The van der Waals surface area contributed by atoms with Gasteiger partial charge in [-0.3, -0.25) is 4.79 Å². The minimum absolute atomic E-state index is 0.256. The van der Waals surface area contributed by atoms with Crippen molar-refractivity contribution < 1.29 is 4.79 Å². The maximum absolute atomic E-state index is 12.0. The summed E-state index contributed by atoms with van der Waals surface area (Å²) in [5, 5.41) is 6.40. The molecule has 0 radical (unpaired) electrons. The van der Waals surface area contributed by atoms with E-state index in [1.165, 1.54) is 9.77 Å². The molecule has 0 bridgehead atoms. The van der Waals surface area contributed by atoms with Gasteiger partial charge in [0, 0.05) is 37.3 Å². The average Bonchev–Trinajstić information content (AvgIpc) is 2.88. The molecule has 0 saturated carbocycles. The van der Waals surface area contributed by atoms with Crippen LogP contribution in [0.2, 0.25) is 0 Å². The molecule has 3 nitrogen and oxygen atoms in total. The summed E-state index contributed by atoms with van der Waals surface area (Å²) in [5.74, 6) is 0.256. The van der Waals surface area contributed by atoms with Gasteiger partial charge in [-0.25, -0.2) is 0 Å². The first-order valence-electron chi connectivity index (χ1n) is 7.40. The Kier molecular flexibility index (Phi) is 5.93. The molecule has 0 aromatic carbocycles. The molecule has 1 N–H and O–H groups in total. The Labute approximate surface area is 130 Å². The van der Waals surface area contributed by atoms with Crippen molar-refractivity contribution in [2.75, 3.05) is 19.6 Å². The molecule has 5 heteroatoms. The molecule has 2 rings (SSSR count). The van der Waals surface area contributed by atoms with Crippen molar-refractivity contribution in [3.05, 3.63) is 17.0 Å². The Balaban J connectivity index is 1.85. The van der Waals surface area contributed by atoms with Crippen molar-refractivity contribution in [1.29, 1.82) is 0 Å². The van der Waals surface area contributed by atoms with E-state index in [-0.39, 0.29) is 5.91 Å². The zero-order valence-electron chi connectivity index (χ0n) is 12.5. The quantitative estimate of drug-likeness (QED) is 0.872. The maximum Gasteiger partial charge on any atom is 0.223 e. The van der Waals surface area contributed by atoms with Crippen LogP contribution in [0.5, 0.6) is 0 Å². The van der Waals surface area contributed by atoms with Gasteiger partial charge in [-0.05, 0) is 37.3 Å². The summed E-state index contributed by atoms with van der Waals surface area (Å²) in [7, 11) is 0. The summed E-state index contributed by atoms with van der Waals surface area (Å²) in [6.07, 6.45) is 1.74. The number of thiophene rings is 1. The van der Waals surface area contributed by atoms with Crippen LogP contribution in [-0.4, -0.2) is 35.7 Å². The minimum Gasteiger partial charge on any atom is -0.343 e. The topological polar surface area (TPSA) is 32.3 Å². The molecule has 1 aromatic heterocycles. The summed E-state index contributed by atoms with van der Waals surface area (Å²) in [6.45, 7) is 8.73. The number of carbonyl (C=O) groups is 1. The largest absolute Gasteiger partial charge is 0.343 e. The SMILES string of the molecule is CCN(CC)C(=O)CCNC1C[C@H](C)Sc2sccc21. The molecule has 0 aliphatic carbocycles. The molecule has 1 unspecified atom stereocenters. The lowest BCUT2D eigenvalue weighted by Gasteiger charge is -2.28. The summed E-state index contributed by atoms with van der Waals surface area (Å²) in [5.41, 5.74) is 1.42. The maximum atomic E-state index is 12.0. The Bertz CT molecular complexity index is 443. The smallest absolute Gasteiger partial charge is 0.223 e. The van der Waals surface area contributed by atoms with Gasteiger partial charge in [-0.1, -0.05) is 6.92 Å². The summed E-state index contributed by atoms with van der Waals surface area (Å²) in [6, 6.07) is 2.64. The first-order chi connectivity index (χ1) is 9.65. The third-order valence-corrected chi connectivity index (χ3v) is 6.10. The highest BCUT2D eigenvalue weighted by atomic mass is 32.2. The number of hydrogen-bond acceptors (Lipinski definition) is 4. The number of nitrogens with zero attached hydrogens (tertiary/aromatic N) is 1. The van der Waals surface area contributed by atoms with E-state index in [0.29, 0.717) is 17.7 Å². The number of rotatable bonds is 6. The highest BCUT2D eigenvalue weighted by Crippen LogP contribution is 2.43. The number of hydrogen-bond donors (Lipinski definition) is 1. The molecule has 1 aromatic rings. The van der Waals surface area contributed by atoms with Crippen molar-refractivity contribution >= 4 is 29.0 Å². The third kappa shape index (κ3) is 3.77. The Morgan fingerprint density at radius 3 is 2.90 bits per heavy atom. The van der Waals surface area contributed by atoms with E-state index in [1.807, 2.05) is 41.8 Å². The van der Waals surface area contributed by atoms with Gasteiger partial charge in [0.1, 0.15) is 0 Å². The summed E-state index contributed by atoms with van der Waals surface area (Å²) < 4.78 is 1.44. The standard InChI is InChI=1S/C15H24N2OS2/c1-4-17(5-2)14(18)6-8-16-13-10-11(3)20-15-12(13)7-9-19-15/h7,9,11,13,16H,4-6,8,10H2,1-3H3/t11-,13?/m0/s1. The highest BCUT2D eigenvalue weighted by Gasteiger charge is 2.25. The van der Waals surface area contributed by atoms with E-state index in [1.54, 1.807) is 0 Å². The van der Waals surface area contributed by atoms with Gasteiger partial charge in [-0.2, -0.15) is 0 Å². The van der Waals surface area contributed by atoms with Crippen LogP contribution in [0.25, 0.3) is 0 Å². The second kappa shape index (κ2) is 7.48. The van der Waals surface area contributed by atoms with Crippen LogP contribution in [0.1, 0.15) is 45.2 Å². The van der Waals surface area contributed by atoms with Gasteiger partial charge >= 0.3 is 0 Å². The fourth-order valence-electron chi connectivity index (χ4n) is 2.63. The predicted molar refractivity (Wildman–Crippen MR) is 87.5 cm³/mol. The molecular formula is C15H24N2OS2. The molecule has 0 fully saturated rings. The van der Waals surface area contributed by atoms with Crippen LogP contribution in [0.3, 0.4) is 0 Å². The van der Waals surface area contributed by atoms with Crippen molar-refractivity contribution in [2.45, 2.75) is 49.1 Å². The second-order valence-electron chi connectivity index (χ2n) is 5.15. The van der Waals surface area contributed by atoms with Crippen LogP contribution >= 0.6 is 23.1 Å². The van der Waals surface area contributed by atoms with Crippen LogP contribution in [0, 0.1) is 0 Å². The molecular weight excluding hydrogens is 288 g/mol. The van der Waals surface area contributed by atoms with E-state index in [4.69, 9.17) is 0 Å². The molecule has 2 atom stereocenters. The Hall–Kier alpha value is -0.520. The fourth-order valence-corrected chi connectivity index (χ4v) is 5.20. The zero-order valence-corrected chi connectivity index (χ0v) is 14.1.